The molecule has 3 aliphatic heterocycles. The molecule has 9 nitrogen and oxygen atoms in total. The van der Waals surface area contributed by atoms with Crippen LogP contribution in [0.15, 0.2) is 51.6 Å². The number of benzene rings is 1. The van der Waals surface area contributed by atoms with Gasteiger partial charge in [0.2, 0.25) is 5.91 Å². The molecule has 3 heterocycles. The molecule has 0 aliphatic carbocycles. The van der Waals surface area contributed by atoms with Crippen molar-refractivity contribution in [3.63, 3.8) is 0 Å². The van der Waals surface area contributed by atoms with Crippen molar-refractivity contribution >= 4 is 28.8 Å². The standard InChI is InChI=1S/C25H32N4O5S/c1-4-19-22(24(31)33-3)23(18-7-5-6-8-20(18)32-2)29-17(16-35-25(29)27-19)15-21(30)26-9-10-28-11-13-34-14-12-28/h5-8,16,23H,4,9-15H2,1-3H3,(H,26,30)/t23-/m0/s1. The summed E-state index contributed by atoms with van der Waals surface area (Å²) >= 11 is 1.46. The maximum Gasteiger partial charge on any atom is 0.338 e. The number of nitrogens with zero attached hydrogens (tertiary/aromatic N) is 3. The summed E-state index contributed by atoms with van der Waals surface area (Å²) in [5.41, 5.74) is 2.74. The number of amides is 1. The maximum absolute atomic E-state index is 13.0. The van der Waals surface area contributed by atoms with Gasteiger partial charge in [0.05, 0.1) is 51.2 Å². The molecular weight excluding hydrogens is 468 g/mol. The van der Waals surface area contributed by atoms with Crippen LogP contribution < -0.4 is 10.1 Å². The molecule has 1 N–H and O–H groups in total. The number of aliphatic imine (C=N–C) groups is 1. The first-order valence-electron chi connectivity index (χ1n) is 11.8. The predicted octanol–water partition coefficient (Wildman–Crippen LogP) is 2.67. The van der Waals surface area contributed by atoms with Crippen molar-refractivity contribution in [2.45, 2.75) is 25.8 Å². The number of hydrogen-bond acceptors (Lipinski definition) is 9. The molecule has 0 unspecified atom stereocenters. The van der Waals surface area contributed by atoms with Crippen molar-refractivity contribution in [1.82, 2.24) is 15.1 Å². The summed E-state index contributed by atoms with van der Waals surface area (Å²) in [6.45, 7) is 6.56. The van der Waals surface area contributed by atoms with Crippen molar-refractivity contribution in [2.75, 3.05) is 53.6 Å². The summed E-state index contributed by atoms with van der Waals surface area (Å²) in [4.78, 5) is 34.9. The molecule has 35 heavy (non-hydrogen) atoms. The number of rotatable bonds is 9. The number of thioether (sulfide) groups is 1. The van der Waals surface area contributed by atoms with Gasteiger partial charge in [-0.25, -0.2) is 9.79 Å². The summed E-state index contributed by atoms with van der Waals surface area (Å²) in [5.74, 6) is 0.142. The van der Waals surface area contributed by atoms with E-state index in [0.29, 0.717) is 30.0 Å². The van der Waals surface area contributed by atoms with Crippen LogP contribution in [0.25, 0.3) is 0 Å². The Balaban J connectivity index is 1.57. The van der Waals surface area contributed by atoms with Gasteiger partial charge >= 0.3 is 5.97 Å². The summed E-state index contributed by atoms with van der Waals surface area (Å²) in [7, 11) is 2.98. The van der Waals surface area contributed by atoms with Crippen LogP contribution in [-0.4, -0.2) is 80.5 Å². The Hall–Kier alpha value is -2.82. The van der Waals surface area contributed by atoms with E-state index in [1.807, 2.05) is 41.5 Å². The summed E-state index contributed by atoms with van der Waals surface area (Å²) in [5, 5.41) is 5.71. The van der Waals surface area contributed by atoms with E-state index in [4.69, 9.17) is 19.2 Å². The highest BCUT2D eigenvalue weighted by atomic mass is 32.2. The molecule has 188 valence electrons. The fourth-order valence-corrected chi connectivity index (χ4v) is 5.44. The molecule has 3 aliphatic rings. The molecule has 4 rings (SSSR count). The fraction of sp³-hybridized carbons (Fsp3) is 0.480. The van der Waals surface area contributed by atoms with Crippen LogP contribution in [-0.2, 0) is 19.1 Å². The van der Waals surface area contributed by atoms with E-state index in [2.05, 4.69) is 10.2 Å². The molecule has 0 aromatic heterocycles. The van der Waals surface area contributed by atoms with E-state index >= 15 is 0 Å². The molecule has 0 spiro atoms. The zero-order valence-corrected chi connectivity index (χ0v) is 21.2. The number of nitrogens with one attached hydrogen (secondary N) is 1. The normalized spacial score (nSPS) is 20.2. The summed E-state index contributed by atoms with van der Waals surface area (Å²) in [6.07, 6.45) is 0.752. The van der Waals surface area contributed by atoms with Crippen molar-refractivity contribution in [1.29, 1.82) is 0 Å². The first-order valence-corrected chi connectivity index (χ1v) is 12.7. The van der Waals surface area contributed by atoms with Gasteiger partial charge in [-0.1, -0.05) is 36.9 Å². The molecule has 10 heteroatoms. The van der Waals surface area contributed by atoms with Crippen molar-refractivity contribution in [3.05, 3.63) is 52.2 Å². The first kappa shape index (κ1) is 25.3. The Bertz CT molecular complexity index is 1050. The molecule has 1 saturated heterocycles. The molecule has 1 aromatic rings. The van der Waals surface area contributed by atoms with Crippen LogP contribution in [0.5, 0.6) is 5.75 Å². The Labute approximate surface area is 210 Å². The van der Waals surface area contributed by atoms with Crippen LogP contribution in [0.2, 0.25) is 0 Å². The monoisotopic (exact) mass is 500 g/mol. The van der Waals surface area contributed by atoms with E-state index in [0.717, 1.165) is 49.3 Å². The number of allylic oxidation sites excluding steroid dienone is 1. The van der Waals surface area contributed by atoms with E-state index in [-0.39, 0.29) is 12.3 Å². The first-order chi connectivity index (χ1) is 17.1. The average Bonchev–Trinajstić information content (AvgIpc) is 3.29. The Morgan fingerprint density at radius 3 is 2.71 bits per heavy atom. The smallest absolute Gasteiger partial charge is 0.338 e. The van der Waals surface area contributed by atoms with E-state index in [9.17, 15) is 9.59 Å². The van der Waals surface area contributed by atoms with Gasteiger partial charge < -0.3 is 24.4 Å². The van der Waals surface area contributed by atoms with Gasteiger partial charge in [-0.15, -0.1) is 0 Å². The second-order valence-electron chi connectivity index (χ2n) is 8.32. The van der Waals surface area contributed by atoms with Crippen LogP contribution in [0, 0.1) is 0 Å². The summed E-state index contributed by atoms with van der Waals surface area (Å²) in [6, 6.07) is 7.09. The number of esters is 1. The third kappa shape index (κ3) is 5.55. The zero-order valence-electron chi connectivity index (χ0n) is 20.4. The number of fused-ring (bicyclic) bond motifs is 1. The molecule has 0 saturated carbocycles. The number of ether oxygens (including phenoxy) is 3. The number of carbonyl (C=O) groups excluding carboxylic acids is 2. The number of methoxy groups -OCH3 is 2. The topological polar surface area (TPSA) is 92.7 Å². The van der Waals surface area contributed by atoms with Gasteiger partial charge in [-0.05, 0) is 17.9 Å². The lowest BCUT2D eigenvalue weighted by atomic mass is 9.92. The second kappa shape index (κ2) is 11.7. The van der Waals surface area contributed by atoms with Crippen LogP contribution in [0.4, 0.5) is 0 Å². The largest absolute Gasteiger partial charge is 0.496 e. The third-order valence-corrected chi connectivity index (χ3v) is 7.15. The highest BCUT2D eigenvalue weighted by Gasteiger charge is 2.42. The quantitative estimate of drug-likeness (QED) is 0.518. The Morgan fingerprint density at radius 2 is 2.00 bits per heavy atom. The predicted molar refractivity (Wildman–Crippen MR) is 135 cm³/mol. The second-order valence-corrected chi connectivity index (χ2v) is 9.16. The van der Waals surface area contributed by atoms with Gasteiger partial charge in [0.25, 0.3) is 0 Å². The average molecular weight is 501 g/mol. The highest BCUT2D eigenvalue weighted by molar-refractivity contribution is 8.16. The molecular formula is C25H32N4O5S. The van der Waals surface area contributed by atoms with Crippen molar-refractivity contribution in [3.8, 4) is 5.75 Å². The molecule has 0 radical (unpaired) electrons. The van der Waals surface area contributed by atoms with Gasteiger partial charge in [0.1, 0.15) is 5.75 Å². The van der Waals surface area contributed by atoms with Gasteiger partial charge in [-0.3, -0.25) is 9.69 Å². The third-order valence-electron chi connectivity index (χ3n) is 6.26. The van der Waals surface area contributed by atoms with Crippen molar-refractivity contribution in [2.24, 2.45) is 4.99 Å². The van der Waals surface area contributed by atoms with Crippen LogP contribution >= 0.6 is 11.8 Å². The Kier molecular flexibility index (Phi) is 8.48. The van der Waals surface area contributed by atoms with Crippen molar-refractivity contribution < 1.29 is 23.8 Å². The van der Waals surface area contributed by atoms with Gasteiger partial charge in [0, 0.05) is 37.4 Å². The number of para-hydroxylation sites is 1. The van der Waals surface area contributed by atoms with E-state index in [1.54, 1.807) is 7.11 Å². The number of amidine groups is 1. The fourth-order valence-electron chi connectivity index (χ4n) is 4.50. The van der Waals surface area contributed by atoms with Gasteiger partial charge in [0.15, 0.2) is 5.17 Å². The maximum atomic E-state index is 13.0. The number of morpholine rings is 1. The molecule has 1 atom stereocenters. The minimum absolute atomic E-state index is 0.0741. The molecule has 0 bridgehead atoms. The number of hydrogen-bond donors (Lipinski definition) is 1. The van der Waals surface area contributed by atoms with Crippen LogP contribution in [0.3, 0.4) is 0 Å². The zero-order chi connectivity index (χ0) is 24.8. The highest BCUT2D eigenvalue weighted by Crippen LogP contribution is 2.47. The SMILES string of the molecule is CCC1=C(C(=O)OC)[C@H](c2ccccc2OC)N2C(CC(=O)NCCN3CCOCC3)=CSC2=N1. The van der Waals surface area contributed by atoms with Crippen LogP contribution in [0.1, 0.15) is 31.4 Å². The van der Waals surface area contributed by atoms with E-state index in [1.165, 1.54) is 18.9 Å². The Morgan fingerprint density at radius 1 is 1.23 bits per heavy atom. The summed E-state index contributed by atoms with van der Waals surface area (Å²) < 4.78 is 16.2. The van der Waals surface area contributed by atoms with Gasteiger partial charge in [-0.2, -0.15) is 0 Å². The lowest BCUT2D eigenvalue weighted by molar-refractivity contribution is -0.136. The molecule has 1 aromatic carbocycles. The lowest BCUT2D eigenvalue weighted by Crippen LogP contribution is -2.42. The lowest BCUT2D eigenvalue weighted by Gasteiger charge is -2.37. The molecule has 1 amide bonds. The number of carbonyl (C=O) groups is 2. The molecule has 1 fully saturated rings. The minimum Gasteiger partial charge on any atom is -0.496 e. The minimum atomic E-state index is -0.511. The van der Waals surface area contributed by atoms with E-state index < -0.39 is 12.0 Å².